The first-order valence-corrected chi connectivity index (χ1v) is 6.38. The van der Waals surface area contributed by atoms with Gasteiger partial charge in [-0.25, -0.2) is 5.43 Å². The Hall–Kier alpha value is -1.63. The van der Waals surface area contributed by atoms with Crippen LogP contribution >= 0.6 is 22.6 Å². The molecule has 1 N–H and O–H groups in total. The number of halogens is 1. The number of nitrogens with zero attached hydrogens (tertiary/aromatic N) is 1. The molecule has 1 aromatic heterocycles. The van der Waals surface area contributed by atoms with E-state index < -0.39 is 0 Å². The van der Waals surface area contributed by atoms with Gasteiger partial charge < -0.3 is 4.42 Å². The summed E-state index contributed by atoms with van der Waals surface area (Å²) in [6, 6.07) is 11.1. The highest BCUT2D eigenvalue weighted by Gasteiger charge is 2.07. The summed E-state index contributed by atoms with van der Waals surface area (Å²) in [6.07, 6.45) is 1.59. The largest absolute Gasteiger partial charge is 0.456 e. The molecule has 5 heteroatoms. The van der Waals surface area contributed by atoms with Crippen molar-refractivity contribution in [3.8, 4) is 0 Å². The van der Waals surface area contributed by atoms with Crippen molar-refractivity contribution >= 4 is 34.7 Å². The predicted octanol–water partition coefficient (Wildman–Crippen LogP) is 2.96. The van der Waals surface area contributed by atoms with Gasteiger partial charge in [0, 0.05) is 3.57 Å². The van der Waals surface area contributed by atoms with Gasteiger partial charge in [0.05, 0.1) is 6.21 Å². The molecule has 1 amide bonds. The molecule has 1 heterocycles. The van der Waals surface area contributed by atoms with Gasteiger partial charge in [-0.05, 0) is 59.3 Å². The smallest absolute Gasteiger partial charge is 0.307 e. The van der Waals surface area contributed by atoms with Crippen molar-refractivity contribution in [2.75, 3.05) is 0 Å². The molecule has 0 atom stereocenters. The van der Waals surface area contributed by atoms with Crippen LogP contribution in [0.25, 0.3) is 0 Å². The number of amides is 1. The molecule has 0 bridgehead atoms. The van der Waals surface area contributed by atoms with Crippen molar-refractivity contribution in [2.45, 2.75) is 6.92 Å². The van der Waals surface area contributed by atoms with Crippen LogP contribution < -0.4 is 5.43 Å². The highest BCUT2D eigenvalue weighted by Crippen LogP contribution is 2.06. The van der Waals surface area contributed by atoms with Crippen molar-refractivity contribution < 1.29 is 9.21 Å². The number of aryl methyl sites for hydroxylation is 1. The van der Waals surface area contributed by atoms with E-state index in [4.69, 9.17) is 4.42 Å². The zero-order valence-corrected chi connectivity index (χ0v) is 11.8. The monoisotopic (exact) mass is 354 g/mol. The fourth-order valence-electron chi connectivity index (χ4n) is 1.36. The molecule has 2 rings (SSSR count). The molecule has 0 fully saturated rings. The number of furan rings is 1. The summed E-state index contributed by atoms with van der Waals surface area (Å²) < 4.78 is 6.30. The number of carbonyl (C=O) groups is 1. The lowest BCUT2D eigenvalue weighted by molar-refractivity contribution is 0.0926. The second-order valence-electron chi connectivity index (χ2n) is 3.66. The number of hydrogen-bond donors (Lipinski definition) is 1. The highest BCUT2D eigenvalue weighted by atomic mass is 127. The molecule has 0 aliphatic rings. The summed E-state index contributed by atoms with van der Waals surface area (Å²) in [5.41, 5.74) is 3.34. The first kappa shape index (κ1) is 12.8. The molecule has 0 unspecified atom stereocenters. The normalized spacial score (nSPS) is 10.8. The Morgan fingerprint density at radius 2 is 2.22 bits per heavy atom. The van der Waals surface area contributed by atoms with Crippen LogP contribution in [0.3, 0.4) is 0 Å². The Bertz CT molecular complexity index is 590. The van der Waals surface area contributed by atoms with Gasteiger partial charge >= 0.3 is 5.91 Å². The molecule has 0 spiro atoms. The molecule has 4 nitrogen and oxygen atoms in total. The molecular formula is C13H11IN2O2. The minimum Gasteiger partial charge on any atom is -0.456 e. The van der Waals surface area contributed by atoms with Crippen LogP contribution in [0.1, 0.15) is 21.9 Å². The number of nitrogens with one attached hydrogen (secondary N) is 1. The summed E-state index contributed by atoms with van der Waals surface area (Å²) in [5, 5.41) is 3.88. The summed E-state index contributed by atoms with van der Waals surface area (Å²) in [7, 11) is 0. The first-order chi connectivity index (χ1) is 8.65. The van der Waals surface area contributed by atoms with Crippen LogP contribution in [0.5, 0.6) is 0 Å². The lowest BCUT2D eigenvalue weighted by Crippen LogP contribution is -2.16. The second kappa shape index (κ2) is 5.81. The van der Waals surface area contributed by atoms with Crippen LogP contribution in [0, 0.1) is 10.5 Å². The second-order valence-corrected chi connectivity index (χ2v) is 4.91. The predicted molar refractivity (Wildman–Crippen MR) is 77.7 cm³/mol. The summed E-state index contributed by atoms with van der Waals surface area (Å²) in [4.78, 5) is 11.6. The van der Waals surface area contributed by atoms with Gasteiger partial charge in [-0.3, -0.25) is 4.79 Å². The van der Waals surface area contributed by atoms with Gasteiger partial charge in [0.15, 0.2) is 5.76 Å². The number of carbonyl (C=O) groups excluding carboxylic acids is 1. The molecule has 0 aliphatic heterocycles. The van der Waals surface area contributed by atoms with Crippen molar-refractivity contribution in [1.82, 2.24) is 5.43 Å². The molecule has 0 radical (unpaired) electrons. The van der Waals surface area contributed by atoms with Gasteiger partial charge in [0.2, 0.25) is 0 Å². The fourth-order valence-corrected chi connectivity index (χ4v) is 1.93. The Kier molecular flexibility index (Phi) is 4.14. The average molecular weight is 354 g/mol. The quantitative estimate of drug-likeness (QED) is 0.524. The molecule has 92 valence electrons. The maximum atomic E-state index is 11.6. The first-order valence-electron chi connectivity index (χ1n) is 5.30. The van der Waals surface area contributed by atoms with Crippen molar-refractivity contribution in [3.05, 3.63) is 57.1 Å². The molecule has 0 saturated heterocycles. The maximum absolute atomic E-state index is 11.6. The number of benzene rings is 1. The third kappa shape index (κ3) is 3.43. The van der Waals surface area contributed by atoms with Crippen molar-refractivity contribution in [2.24, 2.45) is 5.10 Å². The SMILES string of the molecule is Cc1ccc(C(=O)N/N=C\c2cccc(I)c2)o1. The molecule has 2 aromatic rings. The van der Waals surface area contributed by atoms with Crippen LogP contribution in [0.4, 0.5) is 0 Å². The standard InChI is InChI=1S/C13H11IN2O2/c1-9-5-6-12(18-9)13(17)16-15-8-10-3-2-4-11(14)7-10/h2-8H,1H3,(H,16,17)/b15-8-. The number of rotatable bonds is 3. The third-order valence-electron chi connectivity index (χ3n) is 2.19. The van der Waals surface area contributed by atoms with Gasteiger partial charge in [-0.15, -0.1) is 0 Å². The zero-order chi connectivity index (χ0) is 13.0. The fraction of sp³-hybridized carbons (Fsp3) is 0.0769. The lowest BCUT2D eigenvalue weighted by atomic mass is 10.2. The topological polar surface area (TPSA) is 54.6 Å². The minimum absolute atomic E-state index is 0.257. The highest BCUT2D eigenvalue weighted by molar-refractivity contribution is 14.1. The average Bonchev–Trinajstić information content (AvgIpc) is 2.76. The minimum atomic E-state index is -0.357. The molecule has 1 aromatic carbocycles. The third-order valence-corrected chi connectivity index (χ3v) is 2.86. The van der Waals surface area contributed by atoms with E-state index in [-0.39, 0.29) is 11.7 Å². The number of hydrogen-bond acceptors (Lipinski definition) is 3. The van der Waals surface area contributed by atoms with Gasteiger partial charge in [-0.2, -0.15) is 5.10 Å². The zero-order valence-electron chi connectivity index (χ0n) is 9.68. The molecule has 0 aliphatic carbocycles. The Morgan fingerprint density at radius 3 is 2.89 bits per heavy atom. The van der Waals surface area contributed by atoms with Crippen LogP contribution in [-0.2, 0) is 0 Å². The van der Waals surface area contributed by atoms with E-state index in [1.165, 1.54) is 0 Å². The van der Waals surface area contributed by atoms with Crippen LogP contribution in [-0.4, -0.2) is 12.1 Å². The molecule has 0 saturated carbocycles. The van der Waals surface area contributed by atoms with Gasteiger partial charge in [-0.1, -0.05) is 12.1 Å². The summed E-state index contributed by atoms with van der Waals surface area (Å²) in [6.45, 7) is 1.78. The number of hydrazone groups is 1. The van der Waals surface area contributed by atoms with E-state index in [0.717, 1.165) is 9.13 Å². The Labute approximate surface area is 118 Å². The van der Waals surface area contributed by atoms with Crippen molar-refractivity contribution in [3.63, 3.8) is 0 Å². The molecular weight excluding hydrogens is 343 g/mol. The Balaban J connectivity index is 1.97. The van der Waals surface area contributed by atoms with Gasteiger partial charge in [0.1, 0.15) is 5.76 Å². The van der Waals surface area contributed by atoms with E-state index in [1.807, 2.05) is 24.3 Å². The maximum Gasteiger partial charge on any atom is 0.307 e. The van der Waals surface area contributed by atoms with E-state index in [1.54, 1.807) is 25.3 Å². The molecule has 18 heavy (non-hydrogen) atoms. The van der Waals surface area contributed by atoms with E-state index in [0.29, 0.717) is 5.76 Å². The van der Waals surface area contributed by atoms with Gasteiger partial charge in [0.25, 0.3) is 0 Å². The van der Waals surface area contributed by atoms with E-state index in [2.05, 4.69) is 33.1 Å². The van der Waals surface area contributed by atoms with E-state index >= 15 is 0 Å². The summed E-state index contributed by atoms with van der Waals surface area (Å²) >= 11 is 2.22. The summed E-state index contributed by atoms with van der Waals surface area (Å²) in [5.74, 6) is 0.596. The lowest BCUT2D eigenvalue weighted by Gasteiger charge is -1.96. The van der Waals surface area contributed by atoms with E-state index in [9.17, 15) is 4.79 Å². The van der Waals surface area contributed by atoms with Crippen LogP contribution in [0.15, 0.2) is 45.9 Å². The van der Waals surface area contributed by atoms with Crippen molar-refractivity contribution in [1.29, 1.82) is 0 Å². The Morgan fingerprint density at radius 1 is 1.39 bits per heavy atom. The van der Waals surface area contributed by atoms with Crippen LogP contribution in [0.2, 0.25) is 0 Å².